The molecule has 0 aliphatic carbocycles. The van der Waals surface area contributed by atoms with Crippen LogP contribution in [0.25, 0.3) is 11.1 Å². The van der Waals surface area contributed by atoms with Gasteiger partial charge >= 0.3 is 0 Å². The predicted octanol–water partition coefficient (Wildman–Crippen LogP) is 5.10. The maximum atomic E-state index is 13.0. The van der Waals surface area contributed by atoms with Gasteiger partial charge in [0.2, 0.25) is 0 Å². The van der Waals surface area contributed by atoms with Gasteiger partial charge in [-0.1, -0.05) is 50.2 Å². The summed E-state index contributed by atoms with van der Waals surface area (Å²) < 4.78 is 0. The summed E-state index contributed by atoms with van der Waals surface area (Å²) in [7, 11) is 1.81. The number of carbonyl (C=O) groups excluding carboxylic acids is 1. The fourth-order valence-electron chi connectivity index (χ4n) is 3.21. The van der Waals surface area contributed by atoms with Gasteiger partial charge in [-0.15, -0.1) is 0 Å². The molecule has 0 spiro atoms. The Labute approximate surface area is 160 Å². The van der Waals surface area contributed by atoms with E-state index in [1.165, 1.54) is 17.5 Å². The molecule has 1 aromatic heterocycles. The van der Waals surface area contributed by atoms with Crippen molar-refractivity contribution in [2.75, 3.05) is 7.05 Å². The second-order valence-corrected chi connectivity index (χ2v) is 7.05. The molecule has 0 unspecified atom stereocenters. The van der Waals surface area contributed by atoms with E-state index in [-0.39, 0.29) is 11.9 Å². The SMILES string of the molecule is CC(C)c1ccccc1-c1cccc(C(=O)N(C)[C@H](C)c2ccncn2)c1. The fourth-order valence-corrected chi connectivity index (χ4v) is 3.21. The number of nitrogens with zero attached hydrogens (tertiary/aromatic N) is 3. The monoisotopic (exact) mass is 359 g/mol. The van der Waals surface area contributed by atoms with Crippen LogP contribution < -0.4 is 0 Å². The Morgan fingerprint density at radius 3 is 2.48 bits per heavy atom. The minimum atomic E-state index is -0.132. The van der Waals surface area contributed by atoms with E-state index in [9.17, 15) is 4.79 Å². The van der Waals surface area contributed by atoms with Gasteiger partial charge < -0.3 is 4.90 Å². The average Bonchev–Trinajstić information content (AvgIpc) is 2.72. The molecule has 4 nitrogen and oxygen atoms in total. The lowest BCUT2D eigenvalue weighted by molar-refractivity contribution is 0.0739. The topological polar surface area (TPSA) is 46.1 Å². The summed E-state index contributed by atoms with van der Waals surface area (Å²) >= 11 is 0. The molecule has 0 aliphatic rings. The van der Waals surface area contributed by atoms with Gasteiger partial charge in [0.1, 0.15) is 6.33 Å². The summed E-state index contributed by atoms with van der Waals surface area (Å²) in [6, 6.07) is 17.9. The molecule has 3 aromatic rings. The van der Waals surface area contributed by atoms with Crippen LogP contribution in [-0.4, -0.2) is 27.8 Å². The zero-order valence-electron chi connectivity index (χ0n) is 16.3. The van der Waals surface area contributed by atoms with E-state index >= 15 is 0 Å². The highest BCUT2D eigenvalue weighted by Gasteiger charge is 2.20. The molecule has 4 heteroatoms. The quantitative estimate of drug-likeness (QED) is 0.637. The van der Waals surface area contributed by atoms with Gasteiger partial charge in [0, 0.05) is 18.8 Å². The van der Waals surface area contributed by atoms with E-state index in [0.29, 0.717) is 11.5 Å². The van der Waals surface area contributed by atoms with Crippen LogP contribution in [0.2, 0.25) is 0 Å². The van der Waals surface area contributed by atoms with Gasteiger partial charge in [-0.05, 0) is 47.7 Å². The third kappa shape index (κ3) is 4.05. The second kappa shape index (κ2) is 8.12. The lowest BCUT2D eigenvalue weighted by atomic mass is 9.92. The summed E-state index contributed by atoms with van der Waals surface area (Å²) in [5, 5.41) is 0. The number of carbonyl (C=O) groups is 1. The lowest BCUT2D eigenvalue weighted by Gasteiger charge is -2.24. The zero-order chi connectivity index (χ0) is 19.4. The number of amides is 1. The van der Waals surface area contributed by atoms with Gasteiger partial charge in [-0.3, -0.25) is 4.79 Å². The van der Waals surface area contributed by atoms with Crippen LogP contribution in [0.15, 0.2) is 67.1 Å². The number of hydrogen-bond acceptors (Lipinski definition) is 3. The predicted molar refractivity (Wildman–Crippen MR) is 109 cm³/mol. The molecule has 0 fully saturated rings. The van der Waals surface area contributed by atoms with Crippen LogP contribution in [0, 0.1) is 0 Å². The maximum absolute atomic E-state index is 13.0. The van der Waals surface area contributed by atoms with E-state index in [2.05, 4.69) is 48.1 Å². The Kier molecular flexibility index (Phi) is 5.65. The van der Waals surface area contributed by atoms with Gasteiger partial charge in [0.15, 0.2) is 0 Å². The van der Waals surface area contributed by atoms with E-state index in [1.54, 1.807) is 11.1 Å². The van der Waals surface area contributed by atoms with Crippen molar-refractivity contribution >= 4 is 5.91 Å². The molecule has 2 aromatic carbocycles. The highest BCUT2D eigenvalue weighted by atomic mass is 16.2. The molecule has 0 aliphatic heterocycles. The Hall–Kier alpha value is -3.01. The Balaban J connectivity index is 1.91. The van der Waals surface area contributed by atoms with Crippen molar-refractivity contribution in [2.45, 2.75) is 32.7 Å². The van der Waals surface area contributed by atoms with Crippen LogP contribution in [-0.2, 0) is 0 Å². The Bertz CT molecular complexity index is 922. The summed E-state index contributed by atoms with van der Waals surface area (Å²) in [4.78, 5) is 23.0. The Morgan fingerprint density at radius 1 is 1.00 bits per heavy atom. The molecule has 27 heavy (non-hydrogen) atoms. The molecular weight excluding hydrogens is 334 g/mol. The molecule has 3 rings (SSSR count). The molecule has 0 bridgehead atoms. The van der Waals surface area contributed by atoms with E-state index in [1.807, 2.05) is 44.3 Å². The highest BCUT2D eigenvalue weighted by Crippen LogP contribution is 2.30. The second-order valence-electron chi connectivity index (χ2n) is 7.05. The molecule has 1 atom stereocenters. The van der Waals surface area contributed by atoms with Crippen LogP contribution >= 0.6 is 0 Å². The largest absolute Gasteiger partial charge is 0.333 e. The fraction of sp³-hybridized carbons (Fsp3) is 0.261. The van der Waals surface area contributed by atoms with Gasteiger partial charge in [0.25, 0.3) is 5.91 Å². The van der Waals surface area contributed by atoms with Crippen molar-refractivity contribution < 1.29 is 4.79 Å². The first kappa shape index (κ1) is 18.8. The van der Waals surface area contributed by atoms with Crippen LogP contribution in [0.3, 0.4) is 0 Å². The molecule has 0 saturated heterocycles. The van der Waals surface area contributed by atoms with E-state index in [4.69, 9.17) is 0 Å². The number of hydrogen-bond donors (Lipinski definition) is 0. The molecule has 1 amide bonds. The molecule has 0 N–H and O–H groups in total. The summed E-state index contributed by atoms with van der Waals surface area (Å²) in [5.74, 6) is 0.394. The number of aromatic nitrogens is 2. The number of rotatable bonds is 5. The van der Waals surface area contributed by atoms with Gasteiger partial charge in [-0.25, -0.2) is 9.97 Å². The molecule has 0 saturated carbocycles. The van der Waals surface area contributed by atoms with E-state index < -0.39 is 0 Å². The number of benzene rings is 2. The first-order valence-corrected chi connectivity index (χ1v) is 9.21. The van der Waals surface area contributed by atoms with Crippen molar-refractivity contribution in [1.29, 1.82) is 0 Å². The molecule has 0 radical (unpaired) electrons. The first-order chi connectivity index (χ1) is 13.0. The normalized spacial score (nSPS) is 12.0. The van der Waals surface area contributed by atoms with Crippen molar-refractivity contribution in [3.8, 4) is 11.1 Å². The Morgan fingerprint density at radius 2 is 1.78 bits per heavy atom. The van der Waals surface area contributed by atoms with Crippen molar-refractivity contribution in [1.82, 2.24) is 14.9 Å². The van der Waals surface area contributed by atoms with Crippen LogP contribution in [0.4, 0.5) is 0 Å². The van der Waals surface area contributed by atoms with Crippen LogP contribution in [0.5, 0.6) is 0 Å². The standard InChI is InChI=1S/C23H25N3O/c1-16(2)20-10-5-6-11-21(20)18-8-7-9-19(14-18)23(27)26(4)17(3)22-12-13-24-15-25-22/h5-17H,1-4H3/t17-/m1/s1. The maximum Gasteiger partial charge on any atom is 0.254 e. The summed E-state index contributed by atoms with van der Waals surface area (Å²) in [6.45, 7) is 6.34. The van der Waals surface area contributed by atoms with Crippen LogP contribution in [0.1, 0.15) is 54.3 Å². The van der Waals surface area contributed by atoms with Crippen molar-refractivity contribution in [3.05, 3.63) is 83.9 Å². The summed E-state index contributed by atoms with van der Waals surface area (Å²) in [5.41, 5.74) is 5.02. The van der Waals surface area contributed by atoms with Gasteiger partial charge in [-0.2, -0.15) is 0 Å². The first-order valence-electron chi connectivity index (χ1n) is 9.21. The minimum Gasteiger partial charge on any atom is -0.333 e. The summed E-state index contributed by atoms with van der Waals surface area (Å²) in [6.07, 6.45) is 3.20. The van der Waals surface area contributed by atoms with Crippen molar-refractivity contribution in [2.24, 2.45) is 0 Å². The minimum absolute atomic E-state index is 0.0232. The van der Waals surface area contributed by atoms with E-state index in [0.717, 1.165) is 11.3 Å². The highest BCUT2D eigenvalue weighted by molar-refractivity contribution is 5.95. The molecular formula is C23H25N3O. The average molecular weight is 359 g/mol. The van der Waals surface area contributed by atoms with Gasteiger partial charge in [0.05, 0.1) is 11.7 Å². The third-order valence-electron chi connectivity index (χ3n) is 4.94. The third-order valence-corrected chi connectivity index (χ3v) is 4.94. The zero-order valence-corrected chi connectivity index (χ0v) is 16.3. The molecule has 138 valence electrons. The smallest absolute Gasteiger partial charge is 0.254 e. The molecule has 1 heterocycles. The van der Waals surface area contributed by atoms with Crippen molar-refractivity contribution in [3.63, 3.8) is 0 Å². The lowest BCUT2D eigenvalue weighted by Crippen LogP contribution is -2.30.